The standard InChI is InChI=1S/C57H105NO5/c1-3-5-7-9-11-13-15-17-19-20-23-27-31-35-39-43-47-51-57(62)63-52-48-44-40-36-32-28-24-21-22-26-30-34-38-42-46-50-56(61)58-54(53-59)55(60)49-45-41-37-33-29-25-18-16-14-12-10-8-6-4-2/h17,19,21,24,28,32,45,49,54-55,59-60H,3-16,18,20,22-23,25-27,29-31,33-44,46-48,50-53H2,1-2H3,(H,58,61)/b19-17-,24-21-,32-28-,49-45+. The first-order valence-corrected chi connectivity index (χ1v) is 27.4. The predicted molar refractivity (Wildman–Crippen MR) is 273 cm³/mol. The molecular formula is C57H105NO5. The van der Waals surface area contributed by atoms with Gasteiger partial charge in [0.2, 0.25) is 5.91 Å². The highest BCUT2D eigenvalue weighted by Gasteiger charge is 2.18. The van der Waals surface area contributed by atoms with Crippen molar-refractivity contribution in [1.29, 1.82) is 0 Å². The summed E-state index contributed by atoms with van der Waals surface area (Å²) in [6.45, 7) is 4.83. The van der Waals surface area contributed by atoms with E-state index in [0.29, 0.717) is 19.4 Å². The Hall–Kier alpha value is -2.18. The van der Waals surface area contributed by atoms with Crippen LogP contribution in [-0.4, -0.2) is 47.4 Å². The zero-order valence-electron chi connectivity index (χ0n) is 41.8. The van der Waals surface area contributed by atoms with E-state index in [1.54, 1.807) is 6.08 Å². The first kappa shape index (κ1) is 60.8. The first-order chi connectivity index (χ1) is 31.0. The molecular weight excluding hydrogens is 779 g/mol. The second kappa shape index (κ2) is 52.4. The number of unbranched alkanes of at least 4 members (excludes halogenated alkanes) is 34. The van der Waals surface area contributed by atoms with Gasteiger partial charge in [0.05, 0.1) is 25.4 Å². The third-order valence-corrected chi connectivity index (χ3v) is 12.3. The highest BCUT2D eigenvalue weighted by molar-refractivity contribution is 5.76. The molecule has 368 valence electrons. The molecule has 0 aromatic carbocycles. The summed E-state index contributed by atoms with van der Waals surface area (Å²) < 4.78 is 5.45. The van der Waals surface area contributed by atoms with Gasteiger partial charge < -0.3 is 20.3 Å². The van der Waals surface area contributed by atoms with Gasteiger partial charge in [0, 0.05) is 12.8 Å². The Balaban J connectivity index is 3.55. The van der Waals surface area contributed by atoms with Crippen LogP contribution >= 0.6 is 0 Å². The number of nitrogens with one attached hydrogen (secondary N) is 1. The van der Waals surface area contributed by atoms with Gasteiger partial charge in [-0.1, -0.05) is 223 Å². The summed E-state index contributed by atoms with van der Waals surface area (Å²) in [7, 11) is 0. The molecule has 1 amide bonds. The van der Waals surface area contributed by atoms with Crippen molar-refractivity contribution < 1.29 is 24.5 Å². The molecule has 0 bridgehead atoms. The summed E-state index contributed by atoms with van der Waals surface area (Å²) >= 11 is 0. The lowest BCUT2D eigenvalue weighted by molar-refractivity contribution is -0.143. The van der Waals surface area contributed by atoms with E-state index >= 15 is 0 Å². The van der Waals surface area contributed by atoms with E-state index in [-0.39, 0.29) is 18.5 Å². The highest BCUT2D eigenvalue weighted by Crippen LogP contribution is 2.15. The molecule has 6 heteroatoms. The van der Waals surface area contributed by atoms with Crippen LogP contribution in [0.4, 0.5) is 0 Å². The van der Waals surface area contributed by atoms with Gasteiger partial charge in [0.1, 0.15) is 0 Å². The summed E-state index contributed by atoms with van der Waals surface area (Å²) in [6.07, 6.45) is 65.5. The third-order valence-electron chi connectivity index (χ3n) is 12.3. The van der Waals surface area contributed by atoms with Crippen LogP contribution < -0.4 is 5.32 Å². The Bertz CT molecular complexity index is 1070. The molecule has 0 saturated heterocycles. The predicted octanol–water partition coefficient (Wildman–Crippen LogP) is 16.6. The quantitative estimate of drug-likeness (QED) is 0.0245. The third kappa shape index (κ3) is 49.1. The van der Waals surface area contributed by atoms with Gasteiger partial charge >= 0.3 is 5.97 Å². The second-order valence-electron chi connectivity index (χ2n) is 18.6. The Labute approximate surface area is 391 Å². The highest BCUT2D eigenvalue weighted by atomic mass is 16.5. The summed E-state index contributed by atoms with van der Waals surface area (Å²) in [6, 6.07) is -0.645. The van der Waals surface area contributed by atoms with E-state index in [1.165, 1.54) is 173 Å². The van der Waals surface area contributed by atoms with Crippen LogP contribution in [0.25, 0.3) is 0 Å². The van der Waals surface area contributed by atoms with E-state index in [4.69, 9.17) is 4.74 Å². The van der Waals surface area contributed by atoms with Gasteiger partial charge in [-0.15, -0.1) is 0 Å². The van der Waals surface area contributed by atoms with E-state index in [9.17, 15) is 19.8 Å². The molecule has 2 unspecified atom stereocenters. The molecule has 0 aromatic rings. The van der Waals surface area contributed by atoms with Crippen molar-refractivity contribution in [2.24, 2.45) is 0 Å². The maximum absolute atomic E-state index is 12.4. The van der Waals surface area contributed by atoms with Crippen LogP contribution in [0.1, 0.15) is 277 Å². The van der Waals surface area contributed by atoms with Gasteiger partial charge in [-0.3, -0.25) is 9.59 Å². The molecule has 0 rings (SSSR count). The number of aliphatic hydroxyl groups is 2. The lowest BCUT2D eigenvalue weighted by Gasteiger charge is -2.20. The van der Waals surface area contributed by atoms with Crippen molar-refractivity contribution >= 4 is 11.9 Å². The molecule has 0 aliphatic heterocycles. The molecule has 0 spiro atoms. The number of carbonyl (C=O) groups is 2. The van der Waals surface area contributed by atoms with Crippen LogP contribution in [0.2, 0.25) is 0 Å². The van der Waals surface area contributed by atoms with Crippen molar-refractivity contribution in [3.63, 3.8) is 0 Å². The lowest BCUT2D eigenvalue weighted by atomic mass is 10.0. The minimum absolute atomic E-state index is 0.0269. The summed E-state index contributed by atoms with van der Waals surface area (Å²) in [4.78, 5) is 24.5. The van der Waals surface area contributed by atoms with Crippen LogP contribution in [-0.2, 0) is 14.3 Å². The maximum atomic E-state index is 12.4. The number of rotatable bonds is 50. The first-order valence-electron chi connectivity index (χ1n) is 27.4. The molecule has 0 radical (unpaired) electrons. The molecule has 0 fully saturated rings. The molecule has 0 heterocycles. The number of allylic oxidation sites excluding steroid dienone is 7. The van der Waals surface area contributed by atoms with Crippen molar-refractivity contribution in [2.45, 2.75) is 289 Å². The van der Waals surface area contributed by atoms with E-state index in [1.807, 2.05) is 6.08 Å². The average molecular weight is 884 g/mol. The van der Waals surface area contributed by atoms with Crippen molar-refractivity contribution in [1.82, 2.24) is 5.32 Å². The fourth-order valence-electron chi connectivity index (χ4n) is 8.09. The van der Waals surface area contributed by atoms with E-state index < -0.39 is 12.1 Å². The molecule has 6 nitrogen and oxygen atoms in total. The molecule has 0 saturated carbocycles. The van der Waals surface area contributed by atoms with Gasteiger partial charge in [-0.2, -0.15) is 0 Å². The Kier molecular flexibility index (Phi) is 50.6. The van der Waals surface area contributed by atoms with Crippen LogP contribution in [0.3, 0.4) is 0 Å². The Morgan fingerprint density at radius 1 is 0.444 bits per heavy atom. The van der Waals surface area contributed by atoms with E-state index in [2.05, 4.69) is 55.6 Å². The molecule has 63 heavy (non-hydrogen) atoms. The fraction of sp³-hybridized carbons (Fsp3) is 0.825. The van der Waals surface area contributed by atoms with Gasteiger partial charge in [-0.05, 0) is 89.9 Å². The number of aliphatic hydroxyl groups excluding tert-OH is 2. The summed E-state index contributed by atoms with van der Waals surface area (Å²) in [5, 5.41) is 23.0. The summed E-state index contributed by atoms with van der Waals surface area (Å²) in [5.41, 5.74) is 0. The fourth-order valence-corrected chi connectivity index (χ4v) is 8.09. The number of amides is 1. The number of ether oxygens (including phenoxy) is 1. The number of carbonyl (C=O) groups excluding carboxylic acids is 2. The van der Waals surface area contributed by atoms with Crippen LogP contribution in [0, 0.1) is 0 Å². The maximum Gasteiger partial charge on any atom is 0.305 e. The van der Waals surface area contributed by atoms with E-state index in [0.717, 1.165) is 77.0 Å². The van der Waals surface area contributed by atoms with Gasteiger partial charge in [-0.25, -0.2) is 0 Å². The minimum Gasteiger partial charge on any atom is -0.466 e. The SMILES string of the molecule is CCCCCCCC/C=C\CCCCCCCCCC(=O)OCCCCC/C=C\C=C/CCCCCCCCC(=O)NC(CO)C(O)/C=C/CCCCCCCCCCCCCC. The zero-order chi connectivity index (χ0) is 45.8. The monoisotopic (exact) mass is 884 g/mol. The molecule has 0 aliphatic rings. The minimum atomic E-state index is -0.859. The average Bonchev–Trinajstić information content (AvgIpc) is 3.28. The topological polar surface area (TPSA) is 95.9 Å². The Morgan fingerprint density at radius 2 is 0.794 bits per heavy atom. The van der Waals surface area contributed by atoms with Crippen molar-refractivity contribution in [2.75, 3.05) is 13.2 Å². The molecule has 2 atom stereocenters. The van der Waals surface area contributed by atoms with Gasteiger partial charge in [0.25, 0.3) is 0 Å². The number of hydrogen-bond donors (Lipinski definition) is 3. The van der Waals surface area contributed by atoms with Crippen molar-refractivity contribution in [3.8, 4) is 0 Å². The van der Waals surface area contributed by atoms with Crippen LogP contribution in [0.5, 0.6) is 0 Å². The van der Waals surface area contributed by atoms with Crippen LogP contribution in [0.15, 0.2) is 48.6 Å². The lowest BCUT2D eigenvalue weighted by Crippen LogP contribution is -2.45. The smallest absolute Gasteiger partial charge is 0.305 e. The molecule has 0 aromatic heterocycles. The number of hydrogen-bond acceptors (Lipinski definition) is 5. The second-order valence-corrected chi connectivity index (χ2v) is 18.6. The largest absolute Gasteiger partial charge is 0.466 e. The zero-order valence-corrected chi connectivity index (χ0v) is 41.8. The van der Waals surface area contributed by atoms with Gasteiger partial charge in [0.15, 0.2) is 0 Å². The Morgan fingerprint density at radius 3 is 1.22 bits per heavy atom. The van der Waals surface area contributed by atoms with Crippen molar-refractivity contribution in [3.05, 3.63) is 48.6 Å². The number of esters is 1. The summed E-state index contributed by atoms with van der Waals surface area (Å²) in [5.74, 6) is -0.118. The normalized spacial score (nSPS) is 13.0. The molecule has 0 aliphatic carbocycles. The molecule has 3 N–H and O–H groups in total.